The van der Waals surface area contributed by atoms with Crippen molar-refractivity contribution in [2.24, 2.45) is 0 Å². The largest absolute Gasteiger partial charge is 0.383 e. The van der Waals surface area contributed by atoms with E-state index in [0.29, 0.717) is 12.4 Å². The number of hydrogen-bond donors (Lipinski definition) is 2. The van der Waals surface area contributed by atoms with Crippen molar-refractivity contribution in [1.29, 1.82) is 0 Å². The first-order valence-electron chi connectivity index (χ1n) is 6.62. The molecule has 0 saturated heterocycles. The summed E-state index contributed by atoms with van der Waals surface area (Å²) in [5.74, 6) is 2.24. The molecule has 0 fully saturated rings. The third-order valence-electron chi connectivity index (χ3n) is 2.99. The first-order chi connectivity index (χ1) is 9.47. The van der Waals surface area contributed by atoms with Crippen molar-refractivity contribution in [3.63, 3.8) is 0 Å². The quantitative estimate of drug-likeness (QED) is 0.886. The van der Waals surface area contributed by atoms with E-state index in [-0.39, 0.29) is 5.92 Å². The van der Waals surface area contributed by atoms with Gasteiger partial charge in [-0.1, -0.05) is 13.8 Å². The second-order valence-corrected chi connectivity index (χ2v) is 5.10. The number of aryl methyl sites for hydroxylation is 1. The van der Waals surface area contributed by atoms with Gasteiger partial charge in [0, 0.05) is 17.7 Å². The highest BCUT2D eigenvalue weighted by molar-refractivity contribution is 5.55. The van der Waals surface area contributed by atoms with Gasteiger partial charge in [0.25, 0.3) is 0 Å². The van der Waals surface area contributed by atoms with Crippen LogP contribution in [0.4, 0.5) is 11.6 Å². The lowest BCUT2D eigenvalue weighted by molar-refractivity contribution is 0.774. The fourth-order valence-corrected chi connectivity index (χ4v) is 1.67. The van der Waals surface area contributed by atoms with Crippen molar-refractivity contribution >= 4 is 11.6 Å². The van der Waals surface area contributed by atoms with Crippen LogP contribution in [0, 0.1) is 13.8 Å². The molecule has 0 amide bonds. The van der Waals surface area contributed by atoms with Crippen LogP contribution in [0.15, 0.2) is 12.4 Å². The maximum atomic E-state index is 5.93. The minimum Gasteiger partial charge on any atom is -0.383 e. The van der Waals surface area contributed by atoms with Gasteiger partial charge in [-0.25, -0.2) is 9.97 Å². The van der Waals surface area contributed by atoms with Crippen molar-refractivity contribution in [1.82, 2.24) is 19.9 Å². The molecule has 6 nitrogen and oxygen atoms in total. The maximum absolute atomic E-state index is 5.93. The number of anilines is 2. The van der Waals surface area contributed by atoms with Gasteiger partial charge in [-0.05, 0) is 13.8 Å². The van der Waals surface area contributed by atoms with Crippen LogP contribution < -0.4 is 11.1 Å². The van der Waals surface area contributed by atoms with E-state index in [1.54, 1.807) is 12.4 Å². The van der Waals surface area contributed by atoms with E-state index in [1.807, 2.05) is 27.7 Å². The fraction of sp³-hybridized carbons (Fsp3) is 0.429. The molecule has 0 unspecified atom stereocenters. The van der Waals surface area contributed by atoms with Gasteiger partial charge < -0.3 is 11.1 Å². The number of hydrogen-bond acceptors (Lipinski definition) is 6. The van der Waals surface area contributed by atoms with E-state index in [1.165, 1.54) is 0 Å². The number of nitrogens with two attached hydrogens (primary N) is 1. The van der Waals surface area contributed by atoms with Crippen molar-refractivity contribution in [3.05, 3.63) is 35.2 Å². The smallest absolute Gasteiger partial charge is 0.135 e. The Morgan fingerprint density at radius 3 is 2.50 bits per heavy atom. The number of rotatable bonds is 4. The molecule has 0 saturated carbocycles. The molecule has 0 aliphatic rings. The summed E-state index contributed by atoms with van der Waals surface area (Å²) >= 11 is 0. The Labute approximate surface area is 118 Å². The van der Waals surface area contributed by atoms with Gasteiger partial charge in [0.15, 0.2) is 0 Å². The summed E-state index contributed by atoms with van der Waals surface area (Å²) < 4.78 is 0. The second-order valence-electron chi connectivity index (χ2n) is 5.10. The summed E-state index contributed by atoms with van der Waals surface area (Å²) in [7, 11) is 0. The van der Waals surface area contributed by atoms with Gasteiger partial charge in [-0.2, -0.15) is 0 Å². The van der Waals surface area contributed by atoms with Gasteiger partial charge in [0.2, 0.25) is 0 Å². The maximum Gasteiger partial charge on any atom is 0.135 e. The third-order valence-corrected chi connectivity index (χ3v) is 2.99. The van der Waals surface area contributed by atoms with Crippen molar-refractivity contribution in [2.45, 2.75) is 40.2 Å². The SMILES string of the molecule is Cc1cnc(CNc2nc(C(C)C)nc(N)c2C)cn1. The molecule has 0 radical (unpaired) electrons. The second kappa shape index (κ2) is 5.81. The van der Waals surface area contributed by atoms with E-state index in [4.69, 9.17) is 5.73 Å². The van der Waals surface area contributed by atoms with Crippen LogP contribution in [0.2, 0.25) is 0 Å². The molecule has 20 heavy (non-hydrogen) atoms. The normalized spacial score (nSPS) is 10.8. The summed E-state index contributed by atoms with van der Waals surface area (Å²) in [6.07, 6.45) is 3.50. The molecule has 0 atom stereocenters. The Bertz CT molecular complexity index is 591. The van der Waals surface area contributed by atoms with E-state index < -0.39 is 0 Å². The fourth-order valence-electron chi connectivity index (χ4n) is 1.67. The minimum atomic E-state index is 0.234. The molecule has 2 rings (SSSR count). The molecule has 2 aromatic heterocycles. The number of nitrogens with one attached hydrogen (secondary N) is 1. The van der Waals surface area contributed by atoms with E-state index in [2.05, 4.69) is 25.3 Å². The first kappa shape index (κ1) is 14.2. The zero-order valence-corrected chi connectivity index (χ0v) is 12.3. The molecule has 0 aliphatic carbocycles. The lowest BCUT2D eigenvalue weighted by Gasteiger charge is -2.13. The minimum absolute atomic E-state index is 0.234. The van der Waals surface area contributed by atoms with Crippen LogP contribution in [0.5, 0.6) is 0 Å². The van der Waals surface area contributed by atoms with Gasteiger partial charge in [0.05, 0.1) is 24.1 Å². The Hall–Kier alpha value is -2.24. The van der Waals surface area contributed by atoms with E-state index >= 15 is 0 Å². The molecule has 2 heterocycles. The highest BCUT2D eigenvalue weighted by atomic mass is 15.1. The average Bonchev–Trinajstić information content (AvgIpc) is 2.42. The van der Waals surface area contributed by atoms with E-state index in [0.717, 1.165) is 28.6 Å². The van der Waals surface area contributed by atoms with Crippen LogP contribution in [-0.2, 0) is 6.54 Å². The molecule has 0 spiro atoms. The Morgan fingerprint density at radius 2 is 1.90 bits per heavy atom. The molecule has 2 aromatic rings. The van der Waals surface area contributed by atoms with Crippen LogP contribution in [0.1, 0.15) is 42.5 Å². The summed E-state index contributed by atoms with van der Waals surface area (Å²) in [5.41, 5.74) is 8.55. The summed E-state index contributed by atoms with van der Waals surface area (Å²) in [6, 6.07) is 0. The third kappa shape index (κ3) is 3.20. The van der Waals surface area contributed by atoms with Gasteiger partial charge in [-0.15, -0.1) is 0 Å². The van der Waals surface area contributed by atoms with Crippen molar-refractivity contribution < 1.29 is 0 Å². The van der Waals surface area contributed by atoms with Crippen molar-refractivity contribution in [3.8, 4) is 0 Å². The number of nitrogen functional groups attached to an aromatic ring is 1. The van der Waals surface area contributed by atoms with Crippen LogP contribution in [0.25, 0.3) is 0 Å². The molecule has 0 bridgehead atoms. The molecule has 3 N–H and O–H groups in total. The summed E-state index contributed by atoms with van der Waals surface area (Å²) in [5, 5.41) is 3.25. The molecule has 0 aliphatic heterocycles. The summed E-state index contributed by atoms with van der Waals surface area (Å²) in [4.78, 5) is 17.3. The molecular weight excluding hydrogens is 252 g/mol. The predicted molar refractivity (Wildman–Crippen MR) is 79.4 cm³/mol. The highest BCUT2D eigenvalue weighted by Crippen LogP contribution is 2.21. The van der Waals surface area contributed by atoms with Crippen LogP contribution in [-0.4, -0.2) is 19.9 Å². The molecular formula is C14H20N6. The van der Waals surface area contributed by atoms with Gasteiger partial charge in [-0.3, -0.25) is 9.97 Å². The predicted octanol–water partition coefficient (Wildman–Crippen LogP) is 2.20. The standard InChI is InChI=1S/C14H20N6/c1-8(2)13-19-12(15)10(4)14(20-13)18-7-11-6-16-9(3)5-17-11/h5-6,8H,7H2,1-4H3,(H3,15,18,19,20). The van der Waals surface area contributed by atoms with Crippen LogP contribution >= 0.6 is 0 Å². The monoisotopic (exact) mass is 272 g/mol. The average molecular weight is 272 g/mol. The zero-order valence-electron chi connectivity index (χ0n) is 12.3. The molecule has 6 heteroatoms. The number of nitrogens with zero attached hydrogens (tertiary/aromatic N) is 4. The molecule has 106 valence electrons. The summed E-state index contributed by atoms with van der Waals surface area (Å²) in [6.45, 7) is 8.46. The first-order valence-corrected chi connectivity index (χ1v) is 6.62. The van der Waals surface area contributed by atoms with Crippen molar-refractivity contribution in [2.75, 3.05) is 11.1 Å². The topological polar surface area (TPSA) is 89.6 Å². The Balaban J connectivity index is 2.18. The Kier molecular flexibility index (Phi) is 4.12. The highest BCUT2D eigenvalue weighted by Gasteiger charge is 2.11. The van der Waals surface area contributed by atoms with Crippen LogP contribution in [0.3, 0.4) is 0 Å². The lowest BCUT2D eigenvalue weighted by Crippen LogP contribution is -2.11. The molecule has 0 aromatic carbocycles. The zero-order chi connectivity index (χ0) is 14.7. The van der Waals surface area contributed by atoms with Gasteiger partial charge >= 0.3 is 0 Å². The Morgan fingerprint density at radius 1 is 1.15 bits per heavy atom. The number of aromatic nitrogens is 4. The lowest BCUT2D eigenvalue weighted by atomic mass is 10.2. The van der Waals surface area contributed by atoms with Gasteiger partial charge in [0.1, 0.15) is 17.5 Å². The van der Waals surface area contributed by atoms with E-state index in [9.17, 15) is 0 Å².